The van der Waals surface area contributed by atoms with E-state index < -0.39 is 0 Å². The normalized spacial score (nSPS) is 11.2. The smallest absolute Gasteiger partial charge is 0.201 e. The molecule has 0 spiro atoms. The van der Waals surface area contributed by atoms with E-state index in [0.29, 0.717) is 32.8 Å². The predicted octanol–water partition coefficient (Wildman–Crippen LogP) is 4.40. The van der Waals surface area contributed by atoms with Crippen LogP contribution in [0.15, 0.2) is 62.9 Å². The van der Waals surface area contributed by atoms with Crippen LogP contribution in [0, 0.1) is 0 Å². The van der Waals surface area contributed by atoms with Gasteiger partial charge in [-0.2, -0.15) is 0 Å². The van der Waals surface area contributed by atoms with Gasteiger partial charge in [-0.15, -0.1) is 0 Å². The second kappa shape index (κ2) is 6.18. The summed E-state index contributed by atoms with van der Waals surface area (Å²) in [5.41, 5.74) is 1.51. The molecule has 5 heteroatoms. The first-order chi connectivity index (χ1) is 11.1. The number of ketones is 1. The summed E-state index contributed by atoms with van der Waals surface area (Å²) < 4.78 is 5.43. The van der Waals surface area contributed by atoms with E-state index in [-0.39, 0.29) is 11.2 Å². The average Bonchev–Trinajstić information content (AvgIpc) is 2.55. The number of aliphatic imine (C=N–C) groups is 1. The summed E-state index contributed by atoms with van der Waals surface area (Å²) in [5, 5.41) is 0.943. The van der Waals surface area contributed by atoms with Crippen molar-refractivity contribution in [1.29, 1.82) is 0 Å². The number of halogens is 1. The van der Waals surface area contributed by atoms with Crippen molar-refractivity contribution in [2.75, 3.05) is 0 Å². The molecule has 0 N–H and O–H groups in total. The lowest BCUT2D eigenvalue weighted by atomic mass is 10.1. The molecule has 0 aliphatic heterocycles. The van der Waals surface area contributed by atoms with Crippen LogP contribution in [0.3, 0.4) is 0 Å². The maximum Gasteiger partial charge on any atom is 0.201 e. The summed E-state index contributed by atoms with van der Waals surface area (Å²) in [7, 11) is 0. The monoisotopic (exact) mass is 325 g/mol. The highest BCUT2D eigenvalue weighted by molar-refractivity contribution is 6.31. The Kier molecular flexibility index (Phi) is 4.08. The van der Waals surface area contributed by atoms with Gasteiger partial charge in [-0.1, -0.05) is 23.7 Å². The van der Waals surface area contributed by atoms with Gasteiger partial charge >= 0.3 is 0 Å². The third kappa shape index (κ3) is 3.07. The predicted molar refractivity (Wildman–Crippen MR) is 91.2 cm³/mol. The van der Waals surface area contributed by atoms with Gasteiger partial charge in [0.1, 0.15) is 11.8 Å². The molecule has 0 amide bonds. The maximum atomic E-state index is 12.4. The number of Topliss-reactive ketones (excluding diaryl/α,β-unsaturated/α-hetero) is 1. The molecule has 114 valence electrons. The Labute approximate surface area is 137 Å². The Morgan fingerprint density at radius 3 is 2.78 bits per heavy atom. The minimum atomic E-state index is -0.172. The van der Waals surface area contributed by atoms with Gasteiger partial charge in [-0.05, 0) is 37.3 Å². The number of fused-ring (bicyclic) bond motifs is 1. The molecule has 0 fully saturated rings. The minimum Gasteiger partial charge on any atom is -0.463 e. The summed E-state index contributed by atoms with van der Waals surface area (Å²) in [6.45, 7) is 1.44. The van der Waals surface area contributed by atoms with Gasteiger partial charge in [-0.25, -0.2) is 0 Å². The molecule has 0 radical (unpaired) electrons. The standard InChI is InChI=1S/C18H12ClNO3/c1-11(21)15-8-13(19)6-7-16(15)20-9-12-10-23-17-5-3-2-4-14(17)18(12)22/h2-10H,1H3. The molecule has 0 aliphatic carbocycles. The van der Waals surface area contributed by atoms with E-state index in [1.54, 1.807) is 42.5 Å². The summed E-state index contributed by atoms with van der Waals surface area (Å²) >= 11 is 5.90. The Balaban J connectivity index is 2.06. The lowest BCUT2D eigenvalue weighted by molar-refractivity contribution is 0.101. The highest BCUT2D eigenvalue weighted by Crippen LogP contribution is 2.23. The first-order valence-corrected chi connectivity index (χ1v) is 7.29. The minimum absolute atomic E-state index is 0.148. The molecule has 23 heavy (non-hydrogen) atoms. The van der Waals surface area contributed by atoms with E-state index in [9.17, 15) is 9.59 Å². The molecule has 3 rings (SSSR count). The van der Waals surface area contributed by atoms with Crippen LogP contribution in [0.1, 0.15) is 22.8 Å². The van der Waals surface area contributed by atoms with Crippen molar-refractivity contribution in [1.82, 2.24) is 0 Å². The van der Waals surface area contributed by atoms with Crippen LogP contribution in [0.4, 0.5) is 5.69 Å². The lowest BCUT2D eigenvalue weighted by Gasteiger charge is -2.02. The van der Waals surface area contributed by atoms with Gasteiger partial charge in [-0.3, -0.25) is 14.6 Å². The summed E-state index contributed by atoms with van der Waals surface area (Å²) in [6, 6.07) is 11.8. The second-order valence-corrected chi connectivity index (χ2v) is 5.43. The zero-order valence-electron chi connectivity index (χ0n) is 12.2. The van der Waals surface area contributed by atoms with Crippen LogP contribution in [0.5, 0.6) is 0 Å². The summed E-state index contributed by atoms with van der Waals surface area (Å²) in [4.78, 5) is 28.3. The van der Waals surface area contributed by atoms with E-state index in [1.807, 2.05) is 0 Å². The molecular weight excluding hydrogens is 314 g/mol. The quantitative estimate of drug-likeness (QED) is 0.529. The Hall–Kier alpha value is -2.72. The molecule has 0 bridgehead atoms. The third-order valence-electron chi connectivity index (χ3n) is 3.39. The van der Waals surface area contributed by atoms with E-state index in [0.717, 1.165) is 0 Å². The largest absolute Gasteiger partial charge is 0.463 e. The molecule has 3 aromatic rings. The maximum absolute atomic E-state index is 12.4. The lowest BCUT2D eigenvalue weighted by Crippen LogP contribution is -2.07. The fourth-order valence-electron chi connectivity index (χ4n) is 2.22. The van der Waals surface area contributed by atoms with Crippen LogP contribution in [-0.4, -0.2) is 12.0 Å². The Morgan fingerprint density at radius 1 is 1.22 bits per heavy atom. The van der Waals surface area contributed by atoms with Crippen molar-refractivity contribution in [2.45, 2.75) is 6.92 Å². The molecule has 1 aromatic heterocycles. The number of hydrogen-bond acceptors (Lipinski definition) is 4. The van der Waals surface area contributed by atoms with E-state index in [2.05, 4.69) is 4.99 Å². The number of carbonyl (C=O) groups is 1. The van der Waals surface area contributed by atoms with Gasteiger partial charge in [0.25, 0.3) is 0 Å². The van der Waals surface area contributed by atoms with Gasteiger partial charge in [0, 0.05) is 16.8 Å². The molecule has 0 aliphatic rings. The van der Waals surface area contributed by atoms with Crippen molar-refractivity contribution < 1.29 is 9.21 Å². The number of para-hydroxylation sites is 1. The van der Waals surface area contributed by atoms with Gasteiger partial charge < -0.3 is 4.42 Å². The van der Waals surface area contributed by atoms with Gasteiger partial charge in [0.2, 0.25) is 5.43 Å². The van der Waals surface area contributed by atoms with Crippen molar-refractivity contribution in [3.05, 3.63) is 75.1 Å². The van der Waals surface area contributed by atoms with Crippen LogP contribution in [0.2, 0.25) is 5.02 Å². The molecule has 0 atom stereocenters. The van der Waals surface area contributed by atoms with Crippen LogP contribution >= 0.6 is 11.6 Å². The van der Waals surface area contributed by atoms with Crippen molar-refractivity contribution in [3.8, 4) is 0 Å². The number of nitrogens with zero attached hydrogens (tertiary/aromatic N) is 1. The first kappa shape index (κ1) is 15.2. The highest BCUT2D eigenvalue weighted by Gasteiger charge is 2.08. The fraction of sp³-hybridized carbons (Fsp3) is 0.0556. The van der Waals surface area contributed by atoms with E-state index in [1.165, 1.54) is 19.4 Å². The molecule has 0 saturated heterocycles. The van der Waals surface area contributed by atoms with Crippen molar-refractivity contribution >= 4 is 40.3 Å². The number of hydrogen-bond donors (Lipinski definition) is 0. The molecule has 2 aromatic carbocycles. The van der Waals surface area contributed by atoms with E-state index >= 15 is 0 Å². The third-order valence-corrected chi connectivity index (χ3v) is 3.62. The van der Waals surface area contributed by atoms with Crippen LogP contribution in [-0.2, 0) is 0 Å². The van der Waals surface area contributed by atoms with Gasteiger partial charge in [0.15, 0.2) is 5.78 Å². The number of rotatable bonds is 3. The average molecular weight is 326 g/mol. The number of carbonyl (C=O) groups excluding carboxylic acids is 1. The zero-order valence-corrected chi connectivity index (χ0v) is 13.0. The molecular formula is C18H12ClNO3. The van der Waals surface area contributed by atoms with Crippen molar-refractivity contribution in [3.63, 3.8) is 0 Å². The molecule has 4 nitrogen and oxygen atoms in total. The fourth-order valence-corrected chi connectivity index (χ4v) is 2.40. The Bertz CT molecular complexity index is 989. The van der Waals surface area contributed by atoms with E-state index in [4.69, 9.17) is 16.0 Å². The molecule has 1 heterocycles. The number of benzene rings is 2. The van der Waals surface area contributed by atoms with Crippen molar-refractivity contribution in [2.24, 2.45) is 4.99 Å². The van der Waals surface area contributed by atoms with Crippen LogP contribution in [0.25, 0.3) is 11.0 Å². The zero-order chi connectivity index (χ0) is 16.4. The van der Waals surface area contributed by atoms with Gasteiger partial charge in [0.05, 0.1) is 16.6 Å². The molecule has 0 saturated carbocycles. The Morgan fingerprint density at radius 2 is 2.00 bits per heavy atom. The SMILES string of the molecule is CC(=O)c1cc(Cl)ccc1N=Cc1coc2ccccc2c1=O. The topological polar surface area (TPSA) is 59.6 Å². The summed E-state index contributed by atoms with van der Waals surface area (Å²) in [6.07, 6.45) is 2.76. The summed E-state index contributed by atoms with van der Waals surface area (Å²) in [5.74, 6) is -0.148. The molecule has 0 unspecified atom stereocenters. The second-order valence-electron chi connectivity index (χ2n) is 4.99. The first-order valence-electron chi connectivity index (χ1n) is 6.91. The highest BCUT2D eigenvalue weighted by atomic mass is 35.5. The van der Waals surface area contributed by atoms with Crippen LogP contribution < -0.4 is 5.43 Å².